The van der Waals surface area contributed by atoms with E-state index in [0.29, 0.717) is 18.4 Å². The molecule has 0 radical (unpaired) electrons. The van der Waals surface area contributed by atoms with Crippen LogP contribution in [0.15, 0.2) is 42.1 Å². The predicted octanol–water partition coefficient (Wildman–Crippen LogP) is 1.27. The highest BCUT2D eigenvalue weighted by Gasteiger charge is 1.92. The summed E-state index contributed by atoms with van der Waals surface area (Å²) in [6.07, 6.45) is 2.73. The van der Waals surface area contributed by atoms with Crippen molar-refractivity contribution in [3.63, 3.8) is 0 Å². The van der Waals surface area contributed by atoms with Gasteiger partial charge in [0, 0.05) is 12.1 Å². The second kappa shape index (κ2) is 4.34. The van der Waals surface area contributed by atoms with E-state index in [9.17, 15) is 4.79 Å². The molecule has 0 unspecified atom stereocenters. The van der Waals surface area contributed by atoms with E-state index < -0.39 is 0 Å². The summed E-state index contributed by atoms with van der Waals surface area (Å²) in [6.45, 7) is 0. The number of allylic oxidation sites excluding steroid dienone is 2. The van der Waals surface area contributed by atoms with Crippen LogP contribution in [0, 0.1) is 0 Å². The number of nitrogens with two attached hydrogens (primary N) is 1. The van der Waals surface area contributed by atoms with Crippen LogP contribution in [-0.2, 0) is 11.2 Å². The summed E-state index contributed by atoms with van der Waals surface area (Å²) in [4.78, 5) is 10.0. The van der Waals surface area contributed by atoms with Crippen molar-refractivity contribution < 1.29 is 4.79 Å². The predicted molar refractivity (Wildman–Crippen MR) is 48.5 cm³/mol. The molecule has 0 heterocycles. The highest BCUT2D eigenvalue weighted by Crippen LogP contribution is 2.02. The third-order valence-electron chi connectivity index (χ3n) is 1.53. The Labute approximate surface area is 71.7 Å². The number of hydrogen-bond acceptors (Lipinski definition) is 2. The normalized spacial score (nSPS) is 11.2. The summed E-state index contributed by atoms with van der Waals surface area (Å²) in [5, 5.41) is 0. The number of carbonyl (C=O) groups is 1. The van der Waals surface area contributed by atoms with Crippen molar-refractivity contribution in [3.8, 4) is 0 Å². The van der Waals surface area contributed by atoms with E-state index in [1.54, 1.807) is 0 Å². The fourth-order valence-electron chi connectivity index (χ4n) is 0.978. The zero-order valence-corrected chi connectivity index (χ0v) is 6.73. The molecule has 1 rings (SSSR count). The van der Waals surface area contributed by atoms with Gasteiger partial charge in [0.15, 0.2) is 0 Å². The van der Waals surface area contributed by atoms with Crippen molar-refractivity contribution in [1.82, 2.24) is 0 Å². The van der Waals surface area contributed by atoms with Gasteiger partial charge in [-0.05, 0) is 11.6 Å². The largest absolute Gasteiger partial charge is 0.402 e. The van der Waals surface area contributed by atoms with Gasteiger partial charge < -0.3 is 5.73 Å². The minimum absolute atomic E-state index is 0.594. The Morgan fingerprint density at radius 2 is 2.00 bits per heavy atom. The van der Waals surface area contributed by atoms with Gasteiger partial charge in [-0.1, -0.05) is 30.3 Å². The minimum atomic E-state index is 0.594. The number of hydrogen-bond donors (Lipinski definition) is 1. The van der Waals surface area contributed by atoms with E-state index in [1.165, 1.54) is 6.08 Å². The Bertz CT molecular complexity index is 277. The molecule has 0 amide bonds. The van der Waals surface area contributed by atoms with E-state index in [1.807, 2.05) is 30.3 Å². The molecule has 0 aliphatic carbocycles. The Hall–Kier alpha value is -1.57. The van der Waals surface area contributed by atoms with Crippen molar-refractivity contribution in [2.75, 3.05) is 0 Å². The van der Waals surface area contributed by atoms with Gasteiger partial charge in [0.2, 0.25) is 0 Å². The summed E-state index contributed by atoms with van der Waals surface area (Å²) >= 11 is 0. The molecule has 2 heteroatoms. The first kappa shape index (κ1) is 8.53. The van der Waals surface area contributed by atoms with Crippen LogP contribution in [0.25, 0.3) is 0 Å². The molecule has 0 aromatic heterocycles. The molecule has 62 valence electrons. The number of aldehydes is 1. The number of carbonyl (C=O) groups excluding carboxylic acids is 1. The SMILES string of the molecule is N/C(=C/C=O)Cc1ccccc1. The van der Waals surface area contributed by atoms with Gasteiger partial charge in [0.1, 0.15) is 6.29 Å². The Balaban J connectivity index is 2.64. The third-order valence-corrected chi connectivity index (χ3v) is 1.53. The lowest BCUT2D eigenvalue weighted by molar-refractivity contribution is -0.104. The first-order valence-corrected chi connectivity index (χ1v) is 3.76. The summed E-state index contributed by atoms with van der Waals surface area (Å²) in [5.74, 6) is 0. The average molecular weight is 161 g/mol. The summed E-state index contributed by atoms with van der Waals surface area (Å²) in [7, 11) is 0. The van der Waals surface area contributed by atoms with E-state index in [0.717, 1.165) is 5.56 Å². The van der Waals surface area contributed by atoms with Crippen molar-refractivity contribution in [2.45, 2.75) is 6.42 Å². The zero-order chi connectivity index (χ0) is 8.81. The Morgan fingerprint density at radius 3 is 2.58 bits per heavy atom. The van der Waals surface area contributed by atoms with Crippen molar-refractivity contribution in [1.29, 1.82) is 0 Å². The van der Waals surface area contributed by atoms with Crippen LogP contribution in [0.3, 0.4) is 0 Å². The lowest BCUT2D eigenvalue weighted by Crippen LogP contribution is -2.01. The molecular weight excluding hydrogens is 150 g/mol. The third kappa shape index (κ3) is 2.58. The van der Waals surface area contributed by atoms with E-state index in [4.69, 9.17) is 5.73 Å². The molecule has 0 aliphatic rings. The maximum atomic E-state index is 10.0. The molecule has 0 saturated heterocycles. The summed E-state index contributed by atoms with van der Waals surface area (Å²) in [6, 6.07) is 9.80. The van der Waals surface area contributed by atoms with Gasteiger partial charge in [0.25, 0.3) is 0 Å². The standard InChI is InChI=1S/C10H11NO/c11-10(6-7-12)8-9-4-2-1-3-5-9/h1-7H,8,11H2/b10-6+. The van der Waals surface area contributed by atoms with Gasteiger partial charge in [-0.2, -0.15) is 0 Å². The molecule has 1 aromatic carbocycles. The molecular formula is C10H11NO. The lowest BCUT2D eigenvalue weighted by Gasteiger charge is -1.98. The van der Waals surface area contributed by atoms with E-state index in [-0.39, 0.29) is 0 Å². The van der Waals surface area contributed by atoms with Gasteiger partial charge in [-0.15, -0.1) is 0 Å². The lowest BCUT2D eigenvalue weighted by atomic mass is 10.1. The van der Waals surface area contributed by atoms with Gasteiger partial charge in [0.05, 0.1) is 0 Å². The summed E-state index contributed by atoms with van der Waals surface area (Å²) in [5.41, 5.74) is 7.26. The van der Waals surface area contributed by atoms with Crippen LogP contribution in [0.4, 0.5) is 0 Å². The van der Waals surface area contributed by atoms with Crippen LogP contribution >= 0.6 is 0 Å². The molecule has 2 nitrogen and oxygen atoms in total. The molecule has 0 bridgehead atoms. The Kier molecular flexibility index (Phi) is 3.08. The molecule has 0 saturated carbocycles. The Morgan fingerprint density at radius 1 is 1.33 bits per heavy atom. The first-order valence-electron chi connectivity index (χ1n) is 3.76. The van der Waals surface area contributed by atoms with Crippen molar-refractivity contribution in [3.05, 3.63) is 47.7 Å². The smallest absolute Gasteiger partial charge is 0.144 e. The highest BCUT2D eigenvalue weighted by molar-refractivity contribution is 5.65. The topological polar surface area (TPSA) is 43.1 Å². The molecule has 12 heavy (non-hydrogen) atoms. The van der Waals surface area contributed by atoms with Gasteiger partial charge in [-0.25, -0.2) is 0 Å². The van der Waals surface area contributed by atoms with Gasteiger partial charge >= 0.3 is 0 Å². The number of benzene rings is 1. The molecule has 0 fully saturated rings. The van der Waals surface area contributed by atoms with E-state index in [2.05, 4.69) is 0 Å². The molecule has 0 aliphatic heterocycles. The summed E-state index contributed by atoms with van der Waals surface area (Å²) < 4.78 is 0. The van der Waals surface area contributed by atoms with Crippen molar-refractivity contribution >= 4 is 6.29 Å². The second-order valence-electron chi connectivity index (χ2n) is 2.54. The number of rotatable bonds is 3. The highest BCUT2D eigenvalue weighted by atomic mass is 16.1. The van der Waals surface area contributed by atoms with Crippen LogP contribution < -0.4 is 5.73 Å². The monoisotopic (exact) mass is 161 g/mol. The van der Waals surface area contributed by atoms with Crippen LogP contribution in [0.5, 0.6) is 0 Å². The van der Waals surface area contributed by atoms with Crippen LogP contribution in [-0.4, -0.2) is 6.29 Å². The first-order chi connectivity index (χ1) is 5.83. The molecule has 0 spiro atoms. The maximum Gasteiger partial charge on any atom is 0.144 e. The second-order valence-corrected chi connectivity index (χ2v) is 2.54. The maximum absolute atomic E-state index is 10.0. The van der Waals surface area contributed by atoms with Crippen molar-refractivity contribution in [2.24, 2.45) is 5.73 Å². The fraction of sp³-hybridized carbons (Fsp3) is 0.100. The minimum Gasteiger partial charge on any atom is -0.402 e. The van der Waals surface area contributed by atoms with Crippen LogP contribution in [0.1, 0.15) is 5.56 Å². The zero-order valence-electron chi connectivity index (χ0n) is 6.73. The van der Waals surface area contributed by atoms with Crippen LogP contribution in [0.2, 0.25) is 0 Å². The quantitative estimate of drug-likeness (QED) is 0.536. The average Bonchev–Trinajstić information content (AvgIpc) is 2.06. The van der Waals surface area contributed by atoms with E-state index >= 15 is 0 Å². The fourth-order valence-corrected chi connectivity index (χ4v) is 0.978. The van der Waals surface area contributed by atoms with Gasteiger partial charge in [-0.3, -0.25) is 4.79 Å². The molecule has 2 N–H and O–H groups in total. The molecule has 1 aromatic rings. The molecule has 0 atom stereocenters.